The Kier molecular flexibility index (Phi) is 4.35. The molecule has 4 fully saturated rings. The van der Waals surface area contributed by atoms with Crippen molar-refractivity contribution in [2.45, 2.75) is 84.0 Å². The Morgan fingerprint density at radius 1 is 1.00 bits per heavy atom. The van der Waals surface area contributed by atoms with Crippen LogP contribution in [0.5, 0.6) is 0 Å². The first-order valence-electron chi connectivity index (χ1n) is 11.4. The maximum absolute atomic E-state index is 6.57. The van der Waals surface area contributed by atoms with E-state index in [1.807, 2.05) is 7.11 Å². The van der Waals surface area contributed by atoms with Crippen LogP contribution in [0.25, 0.3) is 0 Å². The van der Waals surface area contributed by atoms with Crippen LogP contribution in [0.3, 0.4) is 0 Å². The fourth-order valence-corrected chi connectivity index (χ4v) is 7.75. The molecule has 2 heterocycles. The molecule has 0 radical (unpaired) electrons. The van der Waals surface area contributed by atoms with Crippen molar-refractivity contribution in [1.29, 1.82) is 0 Å². The molecule has 0 bridgehead atoms. The summed E-state index contributed by atoms with van der Waals surface area (Å²) in [5.74, 6) is 2.61. The van der Waals surface area contributed by atoms with Crippen LogP contribution in [-0.4, -0.2) is 32.2 Å². The summed E-state index contributed by atoms with van der Waals surface area (Å²) in [6.45, 7) is 9.15. The highest BCUT2D eigenvalue weighted by molar-refractivity contribution is 5.26. The molecular formula is C24H38O3. The third kappa shape index (κ3) is 2.50. The largest absolute Gasteiger partial charge is 0.381 e. The summed E-state index contributed by atoms with van der Waals surface area (Å²) in [7, 11) is 1.88. The Bertz CT molecular complexity index is 619. The summed E-state index contributed by atoms with van der Waals surface area (Å²) in [4.78, 5) is 0. The number of methoxy groups -OCH3 is 1. The highest BCUT2D eigenvalue weighted by atomic mass is 16.7. The highest BCUT2D eigenvalue weighted by Gasteiger charge is 2.66. The Labute approximate surface area is 165 Å². The van der Waals surface area contributed by atoms with E-state index >= 15 is 0 Å². The van der Waals surface area contributed by atoms with Gasteiger partial charge in [0.25, 0.3) is 0 Å². The number of allylic oxidation sites excluding steroid dienone is 1. The second-order valence-corrected chi connectivity index (χ2v) is 10.8. The van der Waals surface area contributed by atoms with E-state index in [2.05, 4.69) is 26.8 Å². The number of ether oxygens (including phenoxy) is 3. The quantitative estimate of drug-likeness (QED) is 0.580. The van der Waals surface area contributed by atoms with E-state index in [1.165, 1.54) is 38.5 Å². The predicted octanol–water partition coefficient (Wildman–Crippen LogP) is 5.34. The van der Waals surface area contributed by atoms with Crippen molar-refractivity contribution >= 4 is 0 Å². The molecule has 0 N–H and O–H groups in total. The average Bonchev–Trinajstić information content (AvgIpc) is 2.96. The van der Waals surface area contributed by atoms with Crippen LogP contribution in [0.15, 0.2) is 11.6 Å². The number of hydrogen-bond donors (Lipinski definition) is 0. The lowest BCUT2D eigenvalue weighted by Crippen LogP contribution is -2.57. The fourth-order valence-electron chi connectivity index (χ4n) is 7.75. The zero-order valence-electron chi connectivity index (χ0n) is 17.8. The van der Waals surface area contributed by atoms with E-state index in [1.54, 1.807) is 5.57 Å². The van der Waals surface area contributed by atoms with Gasteiger partial charge in [-0.05, 0) is 74.0 Å². The van der Waals surface area contributed by atoms with Gasteiger partial charge in [-0.25, -0.2) is 0 Å². The molecule has 152 valence electrons. The van der Waals surface area contributed by atoms with E-state index < -0.39 is 0 Å². The summed E-state index contributed by atoms with van der Waals surface area (Å²) >= 11 is 0. The molecule has 3 nitrogen and oxygen atoms in total. The molecule has 2 saturated carbocycles. The molecule has 3 aliphatic carbocycles. The van der Waals surface area contributed by atoms with Crippen molar-refractivity contribution < 1.29 is 14.2 Å². The van der Waals surface area contributed by atoms with Crippen LogP contribution in [0.2, 0.25) is 0 Å². The van der Waals surface area contributed by atoms with Crippen LogP contribution in [-0.2, 0) is 14.2 Å². The number of fused-ring (bicyclic) bond motifs is 6. The molecule has 3 heteroatoms. The standard InChI is InChI=1S/C24H38O3/c1-16-7-12-24(26-14-16)23(3)11-9-20-19(21(23)15-27-24)6-5-17-13-18(25-4)8-10-22(17,20)2/h5,16,18-21H,6-15H2,1-4H3/t16-,18+,19-,20+,21+,22+,23+,24-/m1/s1. The molecular weight excluding hydrogens is 336 g/mol. The van der Waals surface area contributed by atoms with E-state index in [0.717, 1.165) is 37.9 Å². The normalized spacial score (nSPS) is 54.8. The Hall–Kier alpha value is -0.380. The lowest BCUT2D eigenvalue weighted by atomic mass is 9.46. The molecule has 1 spiro atoms. The maximum Gasteiger partial charge on any atom is 0.173 e. The topological polar surface area (TPSA) is 27.7 Å². The molecule has 0 amide bonds. The van der Waals surface area contributed by atoms with Gasteiger partial charge in [0.2, 0.25) is 0 Å². The first-order chi connectivity index (χ1) is 12.9. The first-order valence-corrected chi connectivity index (χ1v) is 11.4. The Balaban J connectivity index is 1.43. The van der Waals surface area contributed by atoms with Gasteiger partial charge in [-0.15, -0.1) is 0 Å². The van der Waals surface area contributed by atoms with E-state index in [9.17, 15) is 0 Å². The van der Waals surface area contributed by atoms with Gasteiger partial charge in [0.1, 0.15) is 0 Å². The van der Waals surface area contributed by atoms with Gasteiger partial charge < -0.3 is 14.2 Å². The van der Waals surface area contributed by atoms with Crippen molar-refractivity contribution in [3.05, 3.63) is 11.6 Å². The second kappa shape index (κ2) is 6.31. The predicted molar refractivity (Wildman–Crippen MR) is 106 cm³/mol. The molecule has 27 heavy (non-hydrogen) atoms. The van der Waals surface area contributed by atoms with Crippen molar-refractivity contribution in [3.8, 4) is 0 Å². The summed E-state index contributed by atoms with van der Waals surface area (Å²) in [5, 5.41) is 0. The molecule has 0 unspecified atom stereocenters. The SMILES string of the molecule is CO[C@H]1CC[C@@]2(C)C(=CC[C@@H]3[C@@H]2CC[C@@]2(C)[C@H]3CO[C@]23CC[C@@H](C)CO3)C1. The highest BCUT2D eigenvalue weighted by Crippen LogP contribution is 2.67. The van der Waals surface area contributed by atoms with Crippen molar-refractivity contribution in [3.63, 3.8) is 0 Å². The summed E-state index contributed by atoms with van der Waals surface area (Å²) < 4.78 is 18.8. The number of rotatable bonds is 1. The van der Waals surface area contributed by atoms with Gasteiger partial charge in [0.05, 0.1) is 19.3 Å². The Morgan fingerprint density at radius 2 is 1.81 bits per heavy atom. The van der Waals surface area contributed by atoms with Crippen LogP contribution in [0.4, 0.5) is 0 Å². The second-order valence-electron chi connectivity index (χ2n) is 10.8. The summed E-state index contributed by atoms with van der Waals surface area (Å²) in [5.41, 5.74) is 2.28. The van der Waals surface area contributed by atoms with Crippen molar-refractivity contribution in [1.82, 2.24) is 0 Å². The molecule has 5 aliphatic rings. The van der Waals surface area contributed by atoms with Gasteiger partial charge in [0, 0.05) is 18.9 Å². The van der Waals surface area contributed by atoms with Crippen LogP contribution < -0.4 is 0 Å². The smallest absolute Gasteiger partial charge is 0.173 e. The molecule has 0 aromatic rings. The molecule has 0 aromatic carbocycles. The third-order valence-electron chi connectivity index (χ3n) is 9.72. The van der Waals surface area contributed by atoms with E-state index in [-0.39, 0.29) is 11.2 Å². The van der Waals surface area contributed by atoms with Crippen LogP contribution >= 0.6 is 0 Å². The lowest BCUT2D eigenvalue weighted by Gasteiger charge is -2.59. The zero-order valence-corrected chi connectivity index (χ0v) is 17.8. The summed E-state index contributed by atoms with van der Waals surface area (Å²) in [6.07, 6.45) is 12.9. The van der Waals surface area contributed by atoms with Crippen molar-refractivity contribution in [2.24, 2.45) is 34.5 Å². The monoisotopic (exact) mass is 374 g/mol. The minimum absolute atomic E-state index is 0.194. The minimum atomic E-state index is -0.298. The van der Waals surface area contributed by atoms with Crippen molar-refractivity contribution in [2.75, 3.05) is 20.3 Å². The van der Waals surface area contributed by atoms with Gasteiger partial charge >= 0.3 is 0 Å². The molecule has 5 rings (SSSR count). The summed E-state index contributed by atoms with van der Waals surface area (Å²) in [6, 6.07) is 0. The van der Waals surface area contributed by atoms with E-state index in [4.69, 9.17) is 14.2 Å². The third-order valence-corrected chi connectivity index (χ3v) is 9.72. The van der Waals surface area contributed by atoms with Crippen LogP contribution in [0.1, 0.15) is 72.1 Å². The molecule has 2 saturated heterocycles. The fraction of sp³-hybridized carbons (Fsp3) is 0.917. The Morgan fingerprint density at radius 3 is 2.56 bits per heavy atom. The van der Waals surface area contributed by atoms with Gasteiger partial charge in [-0.3, -0.25) is 0 Å². The minimum Gasteiger partial charge on any atom is -0.381 e. The lowest BCUT2D eigenvalue weighted by molar-refractivity contribution is -0.289. The number of hydrogen-bond acceptors (Lipinski definition) is 3. The molecule has 8 atom stereocenters. The average molecular weight is 375 g/mol. The van der Waals surface area contributed by atoms with E-state index in [0.29, 0.717) is 23.4 Å². The molecule has 2 aliphatic heterocycles. The van der Waals surface area contributed by atoms with Crippen LogP contribution in [0, 0.1) is 34.5 Å². The molecule has 0 aromatic heterocycles. The van der Waals surface area contributed by atoms with Gasteiger partial charge in [-0.2, -0.15) is 0 Å². The first kappa shape index (κ1) is 18.6. The zero-order chi connectivity index (χ0) is 18.9. The van der Waals surface area contributed by atoms with Gasteiger partial charge in [-0.1, -0.05) is 32.4 Å². The maximum atomic E-state index is 6.57. The van der Waals surface area contributed by atoms with Gasteiger partial charge in [0.15, 0.2) is 5.79 Å².